The lowest BCUT2D eigenvalue weighted by Crippen LogP contribution is -2.28. The molecule has 2 amide bonds. The van der Waals surface area contributed by atoms with E-state index in [4.69, 9.17) is 21.1 Å². The first-order valence-electron chi connectivity index (χ1n) is 8.52. The number of benzene rings is 2. The van der Waals surface area contributed by atoms with Gasteiger partial charge in [0.25, 0.3) is 0 Å². The lowest BCUT2D eigenvalue weighted by Gasteiger charge is -2.18. The fourth-order valence-electron chi connectivity index (χ4n) is 3.03. The molecule has 0 radical (unpaired) electrons. The number of nitrogens with one attached hydrogen (secondary N) is 1. The molecule has 1 N–H and O–H groups in total. The summed E-state index contributed by atoms with van der Waals surface area (Å²) in [5, 5.41) is 3.43. The van der Waals surface area contributed by atoms with E-state index in [2.05, 4.69) is 5.32 Å². The molecule has 0 spiro atoms. The molecule has 142 valence electrons. The minimum atomic E-state index is -0.464. The SMILES string of the molecule is COc1ccc(OC)c(NC(=O)[C@@H]2CC(=O)N(c3ccc(C)c(Cl)c3)C2)c1. The number of aryl methyl sites for hydroxylation is 1. The second kappa shape index (κ2) is 7.88. The van der Waals surface area contributed by atoms with E-state index in [1.165, 1.54) is 7.11 Å². The number of amides is 2. The van der Waals surface area contributed by atoms with E-state index in [1.54, 1.807) is 36.3 Å². The van der Waals surface area contributed by atoms with Crippen LogP contribution in [0.3, 0.4) is 0 Å². The third-order valence-corrected chi connectivity index (χ3v) is 5.03. The summed E-state index contributed by atoms with van der Waals surface area (Å²) in [5.41, 5.74) is 2.14. The maximum atomic E-state index is 12.7. The zero-order valence-electron chi connectivity index (χ0n) is 15.4. The van der Waals surface area contributed by atoms with Gasteiger partial charge in [0, 0.05) is 29.7 Å². The van der Waals surface area contributed by atoms with Gasteiger partial charge in [0.15, 0.2) is 0 Å². The highest BCUT2D eigenvalue weighted by molar-refractivity contribution is 6.31. The van der Waals surface area contributed by atoms with Gasteiger partial charge < -0.3 is 19.7 Å². The molecule has 1 fully saturated rings. The third kappa shape index (κ3) is 4.01. The molecular formula is C20H21ClN2O4. The molecule has 1 atom stereocenters. The Hall–Kier alpha value is -2.73. The van der Waals surface area contributed by atoms with Gasteiger partial charge in [0.2, 0.25) is 11.8 Å². The van der Waals surface area contributed by atoms with Gasteiger partial charge in [0.1, 0.15) is 11.5 Å². The number of halogens is 1. The van der Waals surface area contributed by atoms with Gasteiger partial charge in [-0.15, -0.1) is 0 Å². The Bertz CT molecular complexity index is 884. The second-order valence-electron chi connectivity index (χ2n) is 6.39. The fourth-order valence-corrected chi connectivity index (χ4v) is 3.20. The predicted octanol–water partition coefficient (Wildman–Crippen LogP) is 3.66. The van der Waals surface area contributed by atoms with Gasteiger partial charge in [-0.05, 0) is 36.8 Å². The van der Waals surface area contributed by atoms with Crippen molar-refractivity contribution in [3.8, 4) is 11.5 Å². The zero-order chi connectivity index (χ0) is 19.6. The first-order valence-corrected chi connectivity index (χ1v) is 8.90. The smallest absolute Gasteiger partial charge is 0.229 e. The molecule has 2 aromatic rings. The Morgan fingerprint density at radius 1 is 1.19 bits per heavy atom. The van der Waals surface area contributed by atoms with Crippen LogP contribution in [0.2, 0.25) is 5.02 Å². The minimum absolute atomic E-state index is 0.104. The van der Waals surface area contributed by atoms with E-state index in [-0.39, 0.29) is 18.2 Å². The largest absolute Gasteiger partial charge is 0.497 e. The van der Waals surface area contributed by atoms with E-state index >= 15 is 0 Å². The maximum absolute atomic E-state index is 12.7. The van der Waals surface area contributed by atoms with Crippen LogP contribution in [-0.4, -0.2) is 32.6 Å². The van der Waals surface area contributed by atoms with Crippen LogP contribution in [0.1, 0.15) is 12.0 Å². The number of rotatable bonds is 5. The van der Waals surface area contributed by atoms with Gasteiger partial charge in [-0.2, -0.15) is 0 Å². The number of ether oxygens (including phenoxy) is 2. The molecule has 0 aromatic heterocycles. The molecule has 3 rings (SSSR count). The van der Waals surface area contributed by atoms with Crippen molar-refractivity contribution in [1.82, 2.24) is 0 Å². The predicted molar refractivity (Wildman–Crippen MR) is 105 cm³/mol. The second-order valence-corrected chi connectivity index (χ2v) is 6.80. The van der Waals surface area contributed by atoms with Gasteiger partial charge in [-0.3, -0.25) is 9.59 Å². The average Bonchev–Trinajstić information content (AvgIpc) is 3.05. The van der Waals surface area contributed by atoms with Crippen molar-refractivity contribution in [2.75, 3.05) is 31.0 Å². The molecule has 0 aliphatic carbocycles. The first kappa shape index (κ1) is 19.0. The van der Waals surface area contributed by atoms with E-state index in [0.29, 0.717) is 34.4 Å². The highest BCUT2D eigenvalue weighted by Crippen LogP contribution is 2.32. The summed E-state index contributed by atoms with van der Waals surface area (Å²) >= 11 is 6.17. The van der Waals surface area contributed by atoms with Crippen molar-refractivity contribution in [1.29, 1.82) is 0 Å². The molecule has 0 bridgehead atoms. The first-order chi connectivity index (χ1) is 12.9. The Kier molecular flexibility index (Phi) is 5.56. The van der Waals surface area contributed by atoms with E-state index in [0.717, 1.165) is 5.56 Å². The molecule has 7 heteroatoms. The van der Waals surface area contributed by atoms with Crippen molar-refractivity contribution in [2.45, 2.75) is 13.3 Å². The van der Waals surface area contributed by atoms with Crippen molar-refractivity contribution in [3.63, 3.8) is 0 Å². The van der Waals surface area contributed by atoms with Crippen molar-refractivity contribution < 1.29 is 19.1 Å². The van der Waals surface area contributed by atoms with Gasteiger partial charge >= 0.3 is 0 Å². The van der Waals surface area contributed by atoms with Crippen LogP contribution in [0.15, 0.2) is 36.4 Å². The number of carbonyl (C=O) groups excluding carboxylic acids is 2. The van der Waals surface area contributed by atoms with Crippen molar-refractivity contribution in [2.24, 2.45) is 5.92 Å². The van der Waals surface area contributed by atoms with Crippen LogP contribution in [0.4, 0.5) is 11.4 Å². The number of carbonyl (C=O) groups is 2. The van der Waals surface area contributed by atoms with Crippen LogP contribution >= 0.6 is 11.6 Å². The van der Waals surface area contributed by atoms with Gasteiger partial charge in [-0.1, -0.05) is 17.7 Å². The number of hydrogen-bond donors (Lipinski definition) is 1. The molecule has 1 aliphatic heterocycles. The molecular weight excluding hydrogens is 368 g/mol. The zero-order valence-corrected chi connectivity index (χ0v) is 16.2. The normalized spacial score (nSPS) is 16.4. The number of hydrogen-bond acceptors (Lipinski definition) is 4. The number of anilines is 2. The summed E-state index contributed by atoms with van der Waals surface area (Å²) in [6.45, 7) is 2.20. The average molecular weight is 389 g/mol. The lowest BCUT2D eigenvalue weighted by atomic mass is 10.1. The van der Waals surface area contributed by atoms with Gasteiger partial charge in [-0.25, -0.2) is 0 Å². The Balaban J connectivity index is 1.75. The van der Waals surface area contributed by atoms with E-state index in [1.807, 2.05) is 19.1 Å². The molecule has 1 saturated heterocycles. The summed E-state index contributed by atoms with van der Waals surface area (Å²) in [4.78, 5) is 26.7. The highest BCUT2D eigenvalue weighted by Gasteiger charge is 2.35. The third-order valence-electron chi connectivity index (χ3n) is 4.63. The Labute approximate surface area is 163 Å². The fraction of sp³-hybridized carbons (Fsp3) is 0.300. The Morgan fingerprint density at radius 3 is 2.63 bits per heavy atom. The van der Waals surface area contributed by atoms with E-state index < -0.39 is 5.92 Å². The van der Waals surface area contributed by atoms with Crippen LogP contribution < -0.4 is 19.7 Å². The summed E-state index contributed by atoms with van der Waals surface area (Å²) in [7, 11) is 3.08. The van der Waals surface area contributed by atoms with Crippen molar-refractivity contribution >= 4 is 34.8 Å². The van der Waals surface area contributed by atoms with Crippen LogP contribution in [-0.2, 0) is 9.59 Å². The summed E-state index contributed by atoms with van der Waals surface area (Å²) < 4.78 is 10.5. The maximum Gasteiger partial charge on any atom is 0.229 e. The summed E-state index contributed by atoms with van der Waals surface area (Å²) in [5.74, 6) is 0.317. The Morgan fingerprint density at radius 2 is 1.96 bits per heavy atom. The van der Waals surface area contributed by atoms with Crippen LogP contribution in [0.25, 0.3) is 0 Å². The van der Waals surface area contributed by atoms with Crippen LogP contribution in [0.5, 0.6) is 11.5 Å². The number of nitrogens with zero attached hydrogens (tertiary/aromatic N) is 1. The lowest BCUT2D eigenvalue weighted by molar-refractivity contribution is -0.122. The van der Waals surface area contributed by atoms with Gasteiger partial charge in [0.05, 0.1) is 25.8 Å². The standard InChI is InChI=1S/C20H21ClN2O4/c1-12-4-5-14(9-16(12)21)23-11-13(8-19(23)24)20(25)22-17-10-15(26-2)6-7-18(17)27-3/h4-7,9-10,13H,8,11H2,1-3H3,(H,22,25)/t13-/m1/s1. The summed E-state index contributed by atoms with van der Waals surface area (Å²) in [6.07, 6.45) is 0.142. The molecule has 1 heterocycles. The highest BCUT2D eigenvalue weighted by atomic mass is 35.5. The summed E-state index contributed by atoms with van der Waals surface area (Å²) in [6, 6.07) is 10.6. The van der Waals surface area contributed by atoms with E-state index in [9.17, 15) is 9.59 Å². The molecule has 6 nitrogen and oxygen atoms in total. The quantitative estimate of drug-likeness (QED) is 0.848. The minimum Gasteiger partial charge on any atom is -0.497 e. The van der Waals surface area contributed by atoms with Crippen molar-refractivity contribution in [3.05, 3.63) is 47.0 Å². The molecule has 2 aromatic carbocycles. The molecule has 0 saturated carbocycles. The topological polar surface area (TPSA) is 67.9 Å². The van der Waals surface area contributed by atoms with Crippen LogP contribution in [0, 0.1) is 12.8 Å². The molecule has 1 aliphatic rings. The number of methoxy groups -OCH3 is 2. The monoisotopic (exact) mass is 388 g/mol. The molecule has 0 unspecified atom stereocenters. The molecule has 27 heavy (non-hydrogen) atoms.